The molecule has 31 heavy (non-hydrogen) atoms. The zero-order valence-electron chi connectivity index (χ0n) is 16.8. The zero-order chi connectivity index (χ0) is 22.6. The van der Waals surface area contributed by atoms with Crippen molar-refractivity contribution in [3.8, 4) is 5.75 Å². The highest BCUT2D eigenvalue weighted by Crippen LogP contribution is 2.21. The Balaban J connectivity index is 1.55. The summed E-state index contributed by atoms with van der Waals surface area (Å²) >= 11 is 0. The van der Waals surface area contributed by atoms with Crippen LogP contribution >= 0.6 is 0 Å². The predicted molar refractivity (Wildman–Crippen MR) is 112 cm³/mol. The van der Waals surface area contributed by atoms with Crippen molar-refractivity contribution in [3.63, 3.8) is 0 Å². The van der Waals surface area contributed by atoms with Crippen molar-refractivity contribution in [3.05, 3.63) is 54.1 Å². The SMILES string of the molecule is COc1ccc(N2CCN(S(=O)(=O)CCNS(=O)(=O)c3cc(F)ccc3F)CC2)cc1. The van der Waals surface area contributed by atoms with E-state index in [2.05, 4.69) is 0 Å². The highest BCUT2D eigenvalue weighted by atomic mass is 32.2. The minimum atomic E-state index is -4.38. The lowest BCUT2D eigenvalue weighted by Crippen LogP contribution is -2.50. The number of nitrogens with one attached hydrogen (secondary N) is 1. The Morgan fingerprint density at radius 1 is 0.968 bits per heavy atom. The minimum absolute atomic E-state index is 0.250. The Morgan fingerprint density at radius 3 is 2.23 bits per heavy atom. The van der Waals surface area contributed by atoms with E-state index in [1.165, 1.54) is 4.31 Å². The minimum Gasteiger partial charge on any atom is -0.497 e. The molecule has 1 aliphatic heterocycles. The number of anilines is 1. The Bertz CT molecular complexity index is 1120. The summed E-state index contributed by atoms with van der Waals surface area (Å²) in [6, 6.07) is 9.47. The van der Waals surface area contributed by atoms with Crippen molar-refractivity contribution in [2.75, 3.05) is 50.5 Å². The van der Waals surface area contributed by atoms with E-state index in [1.54, 1.807) is 7.11 Å². The molecule has 1 N–H and O–H groups in total. The summed E-state index contributed by atoms with van der Waals surface area (Å²) in [6.45, 7) is 0.996. The average molecular weight is 476 g/mol. The summed E-state index contributed by atoms with van der Waals surface area (Å²) in [4.78, 5) is 1.18. The van der Waals surface area contributed by atoms with Gasteiger partial charge in [0.25, 0.3) is 0 Å². The van der Waals surface area contributed by atoms with Gasteiger partial charge in [-0.1, -0.05) is 0 Å². The Hall–Kier alpha value is -2.28. The van der Waals surface area contributed by atoms with E-state index < -0.39 is 48.9 Å². The van der Waals surface area contributed by atoms with Crippen LogP contribution in [0.2, 0.25) is 0 Å². The topological polar surface area (TPSA) is 96.0 Å². The summed E-state index contributed by atoms with van der Waals surface area (Å²) in [5, 5.41) is 0. The molecule has 1 aliphatic rings. The van der Waals surface area contributed by atoms with Gasteiger partial charge in [0.05, 0.1) is 12.9 Å². The zero-order valence-corrected chi connectivity index (χ0v) is 18.4. The lowest BCUT2D eigenvalue weighted by Gasteiger charge is -2.35. The summed E-state index contributed by atoms with van der Waals surface area (Å²) in [5.74, 6) is -1.80. The van der Waals surface area contributed by atoms with Crippen LogP contribution in [0, 0.1) is 11.6 Å². The van der Waals surface area contributed by atoms with Gasteiger partial charge in [0.1, 0.15) is 22.3 Å². The third-order valence-corrected chi connectivity index (χ3v) is 8.25. The Morgan fingerprint density at radius 2 is 1.61 bits per heavy atom. The van der Waals surface area contributed by atoms with E-state index >= 15 is 0 Å². The van der Waals surface area contributed by atoms with Crippen LogP contribution in [0.4, 0.5) is 14.5 Å². The fraction of sp³-hybridized carbons (Fsp3) is 0.368. The molecule has 2 aromatic carbocycles. The Kier molecular flexibility index (Phi) is 7.14. The molecule has 8 nitrogen and oxygen atoms in total. The molecular formula is C19H23F2N3O5S2. The van der Waals surface area contributed by atoms with Gasteiger partial charge in [0.2, 0.25) is 20.0 Å². The van der Waals surface area contributed by atoms with E-state index in [0.29, 0.717) is 25.2 Å². The first-order valence-electron chi connectivity index (χ1n) is 9.44. The van der Waals surface area contributed by atoms with Gasteiger partial charge in [-0.25, -0.2) is 30.3 Å². The first kappa shape index (κ1) is 23.4. The molecule has 0 radical (unpaired) electrons. The molecule has 2 aromatic rings. The molecule has 0 spiro atoms. The monoisotopic (exact) mass is 475 g/mol. The van der Waals surface area contributed by atoms with Crippen LogP contribution in [-0.4, -0.2) is 66.7 Å². The molecule has 0 amide bonds. The average Bonchev–Trinajstić information content (AvgIpc) is 2.75. The van der Waals surface area contributed by atoms with Crippen LogP contribution in [0.15, 0.2) is 47.4 Å². The molecule has 1 fully saturated rings. The number of ether oxygens (including phenoxy) is 1. The van der Waals surface area contributed by atoms with Gasteiger partial charge < -0.3 is 9.64 Å². The second-order valence-corrected chi connectivity index (χ2v) is 10.7. The number of nitrogens with zero attached hydrogens (tertiary/aromatic N) is 2. The van der Waals surface area contributed by atoms with E-state index in [4.69, 9.17) is 4.74 Å². The van der Waals surface area contributed by atoms with Crippen molar-refractivity contribution in [2.24, 2.45) is 0 Å². The molecule has 0 unspecified atom stereocenters. The second-order valence-electron chi connectivity index (χ2n) is 6.87. The normalized spacial score (nSPS) is 15.8. The quantitative estimate of drug-likeness (QED) is 0.620. The standard InChI is InChI=1S/C19H23F2N3O5S2/c1-29-17-5-3-16(4-6-17)23-9-11-24(12-10-23)30(25,26)13-8-22-31(27,28)19-14-15(20)2-7-18(19)21/h2-7,14,22H,8-13H2,1H3. The molecule has 170 valence electrons. The molecule has 0 atom stereocenters. The van der Waals surface area contributed by atoms with Crippen LogP contribution in [-0.2, 0) is 20.0 Å². The van der Waals surface area contributed by atoms with Gasteiger partial charge in [-0.3, -0.25) is 0 Å². The number of piperazine rings is 1. The van der Waals surface area contributed by atoms with Crippen LogP contribution in [0.1, 0.15) is 0 Å². The largest absolute Gasteiger partial charge is 0.497 e. The highest BCUT2D eigenvalue weighted by molar-refractivity contribution is 7.90. The Labute approximate surface area is 180 Å². The molecule has 0 aliphatic carbocycles. The lowest BCUT2D eigenvalue weighted by molar-refractivity contribution is 0.384. The molecule has 0 bridgehead atoms. The first-order valence-corrected chi connectivity index (χ1v) is 12.5. The number of hydrogen-bond acceptors (Lipinski definition) is 6. The predicted octanol–water partition coefficient (Wildman–Crippen LogP) is 1.40. The summed E-state index contributed by atoms with van der Waals surface area (Å²) < 4.78 is 84.9. The van der Waals surface area contributed by atoms with Gasteiger partial charge in [-0.05, 0) is 42.5 Å². The number of methoxy groups -OCH3 is 1. The van der Waals surface area contributed by atoms with Crippen molar-refractivity contribution >= 4 is 25.7 Å². The van der Waals surface area contributed by atoms with Crippen LogP contribution < -0.4 is 14.4 Å². The summed E-state index contributed by atoms with van der Waals surface area (Å²) in [6.07, 6.45) is 0. The molecule has 3 rings (SSSR count). The molecular weight excluding hydrogens is 452 g/mol. The highest BCUT2D eigenvalue weighted by Gasteiger charge is 2.28. The van der Waals surface area contributed by atoms with Crippen molar-refractivity contribution < 1.29 is 30.4 Å². The molecule has 0 saturated carbocycles. The van der Waals surface area contributed by atoms with Crippen LogP contribution in [0.5, 0.6) is 5.75 Å². The third-order valence-electron chi connectivity index (χ3n) is 4.90. The molecule has 12 heteroatoms. The smallest absolute Gasteiger partial charge is 0.243 e. The summed E-state index contributed by atoms with van der Waals surface area (Å²) in [5.41, 5.74) is 0.947. The fourth-order valence-corrected chi connectivity index (χ4v) is 5.80. The first-order chi connectivity index (χ1) is 14.6. The van der Waals surface area contributed by atoms with E-state index in [-0.39, 0.29) is 13.1 Å². The van der Waals surface area contributed by atoms with Crippen LogP contribution in [0.3, 0.4) is 0 Å². The fourth-order valence-electron chi connectivity index (χ4n) is 3.21. The van der Waals surface area contributed by atoms with E-state index in [9.17, 15) is 25.6 Å². The van der Waals surface area contributed by atoms with Crippen molar-refractivity contribution in [1.82, 2.24) is 9.03 Å². The molecule has 1 heterocycles. The maximum Gasteiger partial charge on any atom is 0.243 e. The second kappa shape index (κ2) is 9.47. The number of hydrogen-bond donors (Lipinski definition) is 1. The van der Waals surface area contributed by atoms with E-state index in [1.807, 2.05) is 33.9 Å². The molecule has 0 aromatic heterocycles. The van der Waals surface area contributed by atoms with Crippen LogP contribution in [0.25, 0.3) is 0 Å². The van der Waals surface area contributed by atoms with Gasteiger partial charge in [0.15, 0.2) is 0 Å². The number of sulfonamides is 2. The van der Waals surface area contributed by atoms with Gasteiger partial charge in [-0.15, -0.1) is 0 Å². The number of rotatable bonds is 8. The molecule has 1 saturated heterocycles. The van der Waals surface area contributed by atoms with Gasteiger partial charge in [-0.2, -0.15) is 4.31 Å². The number of halogens is 2. The third kappa shape index (κ3) is 5.70. The maximum atomic E-state index is 13.7. The summed E-state index contributed by atoms with van der Waals surface area (Å²) in [7, 11) is -6.54. The van der Waals surface area contributed by atoms with Crippen molar-refractivity contribution in [1.29, 1.82) is 0 Å². The van der Waals surface area contributed by atoms with Gasteiger partial charge in [0, 0.05) is 38.4 Å². The van der Waals surface area contributed by atoms with E-state index in [0.717, 1.165) is 17.5 Å². The van der Waals surface area contributed by atoms with Gasteiger partial charge >= 0.3 is 0 Å². The van der Waals surface area contributed by atoms with Crippen molar-refractivity contribution in [2.45, 2.75) is 4.90 Å². The maximum absolute atomic E-state index is 13.7. The number of benzene rings is 2. The lowest BCUT2D eigenvalue weighted by atomic mass is 10.2.